The van der Waals surface area contributed by atoms with E-state index in [0.717, 1.165) is 5.49 Å². The quantitative estimate of drug-likeness (QED) is 0.257. The van der Waals surface area contributed by atoms with E-state index < -0.39 is 0 Å². The highest BCUT2D eigenvalue weighted by Crippen LogP contribution is 2.16. The van der Waals surface area contributed by atoms with E-state index in [1.54, 1.807) is 0 Å². The van der Waals surface area contributed by atoms with Crippen LogP contribution < -0.4 is 17.0 Å². The SMILES string of the molecule is NC=S.NNC1CC1. The number of nitrogens with one attached hydrogen (secondary N) is 1. The lowest BCUT2D eigenvalue weighted by atomic mass is 10.8. The van der Waals surface area contributed by atoms with Crippen LogP contribution in [0.4, 0.5) is 0 Å². The van der Waals surface area contributed by atoms with Crippen LogP contribution in [0.15, 0.2) is 0 Å². The van der Waals surface area contributed by atoms with E-state index in [1.807, 2.05) is 0 Å². The van der Waals surface area contributed by atoms with Gasteiger partial charge in [-0.2, -0.15) is 0 Å². The highest BCUT2D eigenvalue weighted by molar-refractivity contribution is 7.78. The van der Waals surface area contributed by atoms with Crippen molar-refractivity contribution in [2.75, 3.05) is 0 Å². The van der Waals surface area contributed by atoms with Crippen molar-refractivity contribution in [2.45, 2.75) is 18.9 Å². The van der Waals surface area contributed by atoms with Crippen LogP contribution in [0.25, 0.3) is 0 Å². The first-order valence-electron chi connectivity index (χ1n) is 2.46. The second-order valence-corrected chi connectivity index (χ2v) is 1.85. The minimum Gasteiger partial charge on any atom is -0.396 e. The molecule has 0 spiro atoms. The van der Waals surface area contributed by atoms with Crippen molar-refractivity contribution >= 4 is 17.7 Å². The molecule has 0 atom stereocenters. The monoisotopic (exact) mass is 133 g/mol. The first kappa shape index (κ1) is 7.81. The van der Waals surface area contributed by atoms with Crippen LogP contribution in [0, 0.1) is 0 Å². The number of hydrazine groups is 1. The van der Waals surface area contributed by atoms with Crippen LogP contribution in [0.2, 0.25) is 0 Å². The molecule has 0 heterocycles. The molecule has 0 aromatic heterocycles. The Labute approximate surface area is 54.4 Å². The average molecular weight is 133 g/mol. The van der Waals surface area contributed by atoms with Gasteiger partial charge in [-0.1, -0.05) is 12.2 Å². The van der Waals surface area contributed by atoms with Crippen molar-refractivity contribution in [2.24, 2.45) is 11.6 Å². The number of nitrogens with two attached hydrogens (primary N) is 2. The van der Waals surface area contributed by atoms with Gasteiger partial charge in [-0.15, -0.1) is 0 Å². The molecule has 1 aliphatic rings. The molecule has 0 aromatic carbocycles. The van der Waals surface area contributed by atoms with Crippen molar-refractivity contribution in [1.82, 2.24) is 5.43 Å². The Morgan fingerprint density at radius 1 is 1.62 bits per heavy atom. The molecule has 1 rings (SSSR count). The van der Waals surface area contributed by atoms with Crippen LogP contribution in [-0.4, -0.2) is 11.5 Å². The van der Waals surface area contributed by atoms with Gasteiger partial charge in [-0.3, -0.25) is 11.3 Å². The minimum atomic E-state index is 0.662. The molecule has 0 saturated heterocycles. The maximum atomic E-state index is 4.98. The summed E-state index contributed by atoms with van der Waals surface area (Å²) in [7, 11) is 0. The van der Waals surface area contributed by atoms with Crippen LogP contribution in [0.1, 0.15) is 12.8 Å². The first-order valence-corrected chi connectivity index (χ1v) is 2.93. The third kappa shape index (κ3) is 5.81. The van der Waals surface area contributed by atoms with E-state index in [-0.39, 0.29) is 0 Å². The highest BCUT2D eigenvalue weighted by atomic mass is 32.1. The summed E-state index contributed by atoms with van der Waals surface area (Å²) < 4.78 is 0. The standard InChI is InChI=1S/C3H8N2.CH3NS/c4-5-3-1-2-3;2-1-3/h3,5H,1-2,4H2;1H,(H2,2,3). The van der Waals surface area contributed by atoms with E-state index in [1.165, 1.54) is 12.8 Å². The number of rotatable bonds is 1. The van der Waals surface area contributed by atoms with Gasteiger partial charge in [-0.25, -0.2) is 0 Å². The lowest BCUT2D eigenvalue weighted by Crippen LogP contribution is -2.23. The predicted molar refractivity (Wildman–Crippen MR) is 38.2 cm³/mol. The lowest BCUT2D eigenvalue weighted by molar-refractivity contribution is 0.735. The molecular weight excluding hydrogens is 122 g/mol. The average Bonchev–Trinajstić information content (AvgIpc) is 2.48. The third-order valence-corrected chi connectivity index (χ3v) is 0.813. The van der Waals surface area contributed by atoms with Crippen molar-refractivity contribution in [3.63, 3.8) is 0 Å². The maximum Gasteiger partial charge on any atom is 0.0588 e. The fourth-order valence-electron chi connectivity index (χ4n) is 0.250. The third-order valence-electron chi connectivity index (χ3n) is 0.813. The van der Waals surface area contributed by atoms with Gasteiger partial charge in [0.15, 0.2) is 0 Å². The molecule has 0 bridgehead atoms. The van der Waals surface area contributed by atoms with Crippen molar-refractivity contribution in [3.8, 4) is 0 Å². The second kappa shape index (κ2) is 4.96. The van der Waals surface area contributed by atoms with Crippen LogP contribution in [0.3, 0.4) is 0 Å². The molecule has 4 heteroatoms. The summed E-state index contributed by atoms with van der Waals surface area (Å²) >= 11 is 4.05. The van der Waals surface area contributed by atoms with Crippen LogP contribution >= 0.6 is 12.2 Å². The van der Waals surface area contributed by atoms with Gasteiger partial charge in [0.25, 0.3) is 0 Å². The summed E-state index contributed by atoms with van der Waals surface area (Å²) in [6.45, 7) is 0. The zero-order chi connectivity index (χ0) is 6.41. The van der Waals surface area contributed by atoms with Gasteiger partial charge in [0.2, 0.25) is 0 Å². The van der Waals surface area contributed by atoms with E-state index >= 15 is 0 Å². The molecule has 48 valence electrons. The summed E-state index contributed by atoms with van der Waals surface area (Å²) in [5, 5.41) is 0. The van der Waals surface area contributed by atoms with Crippen molar-refractivity contribution in [3.05, 3.63) is 0 Å². The molecule has 0 amide bonds. The predicted octanol–water partition coefficient (Wildman–Crippen LogP) is -0.486. The number of thiocarbonyl (C=S) groups is 1. The van der Waals surface area contributed by atoms with Gasteiger partial charge in [0.05, 0.1) is 5.49 Å². The Morgan fingerprint density at radius 3 is 2.00 bits per heavy atom. The fraction of sp³-hybridized carbons (Fsp3) is 0.750. The smallest absolute Gasteiger partial charge is 0.0588 e. The topological polar surface area (TPSA) is 64.1 Å². The Balaban J connectivity index is 0.000000145. The minimum absolute atomic E-state index is 0.662. The zero-order valence-corrected chi connectivity index (χ0v) is 5.45. The molecule has 0 unspecified atom stereocenters. The van der Waals surface area contributed by atoms with Gasteiger partial charge in [0.1, 0.15) is 0 Å². The van der Waals surface area contributed by atoms with Gasteiger partial charge >= 0.3 is 0 Å². The van der Waals surface area contributed by atoms with Crippen LogP contribution in [0.5, 0.6) is 0 Å². The molecule has 0 aromatic rings. The molecule has 8 heavy (non-hydrogen) atoms. The maximum absolute atomic E-state index is 4.98. The number of hydrogen-bond acceptors (Lipinski definition) is 3. The summed E-state index contributed by atoms with van der Waals surface area (Å²) in [6, 6.07) is 0.662. The summed E-state index contributed by atoms with van der Waals surface area (Å²) in [4.78, 5) is 0. The largest absolute Gasteiger partial charge is 0.396 e. The van der Waals surface area contributed by atoms with Crippen molar-refractivity contribution in [1.29, 1.82) is 0 Å². The van der Waals surface area contributed by atoms with Crippen molar-refractivity contribution < 1.29 is 0 Å². The van der Waals surface area contributed by atoms with E-state index in [4.69, 9.17) is 5.84 Å². The second-order valence-electron chi connectivity index (χ2n) is 1.58. The molecule has 0 radical (unpaired) electrons. The van der Waals surface area contributed by atoms with Gasteiger partial charge in [0, 0.05) is 6.04 Å². The molecular formula is C4H11N3S. The number of hydrogen-bond donors (Lipinski definition) is 3. The zero-order valence-electron chi connectivity index (χ0n) is 4.63. The Bertz CT molecular complexity index is 62.3. The molecule has 3 nitrogen and oxygen atoms in total. The highest BCUT2D eigenvalue weighted by Gasteiger charge is 2.17. The molecule has 1 fully saturated rings. The summed E-state index contributed by atoms with van der Waals surface area (Å²) in [6.07, 6.45) is 2.55. The van der Waals surface area contributed by atoms with E-state index in [9.17, 15) is 0 Å². The van der Waals surface area contributed by atoms with E-state index in [0.29, 0.717) is 6.04 Å². The van der Waals surface area contributed by atoms with Gasteiger partial charge < -0.3 is 5.73 Å². The normalized spacial score (nSPS) is 16.1. The first-order chi connectivity index (χ1) is 3.85. The summed E-state index contributed by atoms with van der Waals surface area (Å²) in [5.74, 6) is 4.98. The van der Waals surface area contributed by atoms with Crippen LogP contribution in [-0.2, 0) is 0 Å². The Hall–Kier alpha value is -0.190. The molecule has 0 aliphatic heterocycles. The van der Waals surface area contributed by atoms with E-state index in [2.05, 4.69) is 23.4 Å². The lowest BCUT2D eigenvalue weighted by Gasteiger charge is -1.81. The molecule has 1 aliphatic carbocycles. The Kier molecular flexibility index (Phi) is 4.84. The fourth-order valence-corrected chi connectivity index (χ4v) is 0.250. The summed E-state index contributed by atoms with van der Waals surface area (Å²) in [5.41, 5.74) is 8.26. The molecule has 1 saturated carbocycles. The van der Waals surface area contributed by atoms with Gasteiger partial charge in [-0.05, 0) is 12.8 Å². The Morgan fingerprint density at radius 2 is 2.00 bits per heavy atom. The molecule has 5 N–H and O–H groups in total.